The van der Waals surface area contributed by atoms with Gasteiger partial charge in [-0.3, -0.25) is 0 Å². The summed E-state index contributed by atoms with van der Waals surface area (Å²) in [7, 11) is 0. The predicted molar refractivity (Wildman–Crippen MR) is 37.9 cm³/mol. The molecule has 0 aromatic carbocycles. The summed E-state index contributed by atoms with van der Waals surface area (Å²) in [4.78, 5) is 0. The van der Waals surface area contributed by atoms with Crippen molar-refractivity contribution in [3.63, 3.8) is 0 Å². The molecule has 10 heavy (non-hydrogen) atoms. The third kappa shape index (κ3) is 1.50. The second-order valence-electron chi connectivity index (χ2n) is 3.18. The molecule has 0 N–H and O–H groups in total. The van der Waals surface area contributed by atoms with Crippen molar-refractivity contribution in [3.8, 4) is 0 Å². The van der Waals surface area contributed by atoms with Gasteiger partial charge in [0.15, 0.2) is 0 Å². The monoisotopic (exact) mass is 142 g/mol. The fourth-order valence-electron chi connectivity index (χ4n) is 1.38. The molecular weight excluding hydrogens is 128 g/mol. The maximum Gasteiger partial charge on any atom is 0.0836 e. The molecule has 2 heteroatoms. The Morgan fingerprint density at radius 2 is 2.00 bits per heavy atom. The molecule has 1 saturated heterocycles. The Bertz CT molecular complexity index is 102. The van der Waals surface area contributed by atoms with Crippen LogP contribution in [0.3, 0.4) is 0 Å². The zero-order valence-electron chi connectivity index (χ0n) is 6.21. The zero-order chi connectivity index (χ0) is 6.81. The molecule has 0 spiro atoms. The van der Waals surface area contributed by atoms with Crippen molar-refractivity contribution in [2.75, 3.05) is 19.8 Å². The summed E-state index contributed by atoms with van der Waals surface area (Å²) in [5.41, 5.74) is 0. The summed E-state index contributed by atoms with van der Waals surface area (Å²) in [5, 5.41) is 0. The van der Waals surface area contributed by atoms with Gasteiger partial charge in [0.05, 0.1) is 12.7 Å². The Balaban J connectivity index is 1.81. The van der Waals surface area contributed by atoms with E-state index < -0.39 is 0 Å². The van der Waals surface area contributed by atoms with Crippen LogP contribution in [0.1, 0.15) is 19.3 Å². The standard InChI is InChI=1S/C8H14O2/c1-4-9-6-8(10-5-1)7-2-3-7/h7-8H,1-6H2. The summed E-state index contributed by atoms with van der Waals surface area (Å²) in [6.45, 7) is 2.63. The molecule has 2 nitrogen and oxygen atoms in total. The summed E-state index contributed by atoms with van der Waals surface area (Å²) < 4.78 is 11.0. The summed E-state index contributed by atoms with van der Waals surface area (Å²) in [6, 6.07) is 0. The summed E-state index contributed by atoms with van der Waals surface area (Å²) in [6.07, 6.45) is 4.22. The first-order valence-electron chi connectivity index (χ1n) is 4.16. The van der Waals surface area contributed by atoms with Gasteiger partial charge < -0.3 is 9.47 Å². The molecule has 1 atom stereocenters. The molecule has 58 valence electrons. The molecule has 2 rings (SSSR count). The quantitative estimate of drug-likeness (QED) is 0.547. The van der Waals surface area contributed by atoms with E-state index in [0.717, 1.165) is 32.2 Å². The minimum atomic E-state index is 0.433. The van der Waals surface area contributed by atoms with Gasteiger partial charge in [0.25, 0.3) is 0 Å². The van der Waals surface area contributed by atoms with Gasteiger partial charge in [-0.1, -0.05) is 0 Å². The average Bonchev–Trinajstić information content (AvgIpc) is 2.76. The van der Waals surface area contributed by atoms with Crippen molar-refractivity contribution in [3.05, 3.63) is 0 Å². The van der Waals surface area contributed by atoms with E-state index in [1.54, 1.807) is 0 Å². The molecule has 1 aliphatic carbocycles. The minimum Gasteiger partial charge on any atom is -0.379 e. The van der Waals surface area contributed by atoms with Gasteiger partial charge in [-0.2, -0.15) is 0 Å². The van der Waals surface area contributed by atoms with Crippen molar-refractivity contribution in [1.29, 1.82) is 0 Å². The Morgan fingerprint density at radius 3 is 2.80 bits per heavy atom. The van der Waals surface area contributed by atoms with Crippen LogP contribution in [0.25, 0.3) is 0 Å². The third-order valence-electron chi connectivity index (χ3n) is 2.19. The molecule has 0 amide bonds. The Kier molecular flexibility index (Phi) is 1.91. The van der Waals surface area contributed by atoms with Crippen molar-refractivity contribution in [1.82, 2.24) is 0 Å². The first-order chi connectivity index (χ1) is 4.97. The molecule has 1 aliphatic heterocycles. The highest BCUT2D eigenvalue weighted by Crippen LogP contribution is 2.34. The molecule has 1 heterocycles. The van der Waals surface area contributed by atoms with Gasteiger partial charge in [-0.15, -0.1) is 0 Å². The van der Waals surface area contributed by atoms with Gasteiger partial charge >= 0.3 is 0 Å². The maximum atomic E-state index is 5.60. The normalized spacial score (nSPS) is 35.4. The summed E-state index contributed by atoms with van der Waals surface area (Å²) >= 11 is 0. The Labute approximate surface area is 61.5 Å². The Morgan fingerprint density at radius 1 is 1.10 bits per heavy atom. The van der Waals surface area contributed by atoms with Gasteiger partial charge in [0.2, 0.25) is 0 Å². The first kappa shape index (κ1) is 6.62. The lowest BCUT2D eigenvalue weighted by Gasteiger charge is -2.11. The molecule has 0 bridgehead atoms. The molecule has 1 unspecified atom stereocenters. The van der Waals surface area contributed by atoms with Crippen LogP contribution in [0, 0.1) is 5.92 Å². The summed E-state index contributed by atoms with van der Waals surface area (Å²) in [5.74, 6) is 0.832. The van der Waals surface area contributed by atoms with E-state index in [4.69, 9.17) is 9.47 Å². The van der Waals surface area contributed by atoms with E-state index in [1.165, 1.54) is 12.8 Å². The predicted octanol–water partition coefficient (Wildman–Crippen LogP) is 1.20. The first-order valence-corrected chi connectivity index (χ1v) is 4.16. The molecule has 1 saturated carbocycles. The van der Waals surface area contributed by atoms with Crippen molar-refractivity contribution < 1.29 is 9.47 Å². The lowest BCUT2D eigenvalue weighted by Crippen LogP contribution is -2.19. The molecule has 2 fully saturated rings. The van der Waals surface area contributed by atoms with Gasteiger partial charge in [-0.05, 0) is 25.2 Å². The van der Waals surface area contributed by atoms with Crippen LogP contribution in [-0.4, -0.2) is 25.9 Å². The van der Waals surface area contributed by atoms with Crippen molar-refractivity contribution in [2.24, 2.45) is 5.92 Å². The van der Waals surface area contributed by atoms with E-state index in [-0.39, 0.29) is 0 Å². The van der Waals surface area contributed by atoms with E-state index in [1.807, 2.05) is 0 Å². The topological polar surface area (TPSA) is 18.5 Å². The molecule has 2 aliphatic rings. The Hall–Kier alpha value is -0.0800. The fraction of sp³-hybridized carbons (Fsp3) is 1.00. The number of ether oxygens (including phenoxy) is 2. The maximum absolute atomic E-state index is 5.60. The second kappa shape index (κ2) is 2.89. The van der Waals surface area contributed by atoms with Crippen LogP contribution in [-0.2, 0) is 9.47 Å². The van der Waals surface area contributed by atoms with E-state index >= 15 is 0 Å². The lowest BCUT2D eigenvalue weighted by molar-refractivity contribution is 0.0127. The zero-order valence-corrected chi connectivity index (χ0v) is 6.21. The lowest BCUT2D eigenvalue weighted by atomic mass is 10.2. The number of hydrogen-bond acceptors (Lipinski definition) is 2. The van der Waals surface area contributed by atoms with Crippen LogP contribution in [0.4, 0.5) is 0 Å². The van der Waals surface area contributed by atoms with Crippen LogP contribution in [0.15, 0.2) is 0 Å². The number of rotatable bonds is 1. The van der Waals surface area contributed by atoms with Gasteiger partial charge in [-0.25, -0.2) is 0 Å². The van der Waals surface area contributed by atoms with E-state index in [2.05, 4.69) is 0 Å². The highest BCUT2D eigenvalue weighted by molar-refractivity contribution is 4.82. The SMILES string of the molecule is C1COCC(C2CC2)OC1. The number of hydrogen-bond donors (Lipinski definition) is 0. The third-order valence-corrected chi connectivity index (χ3v) is 2.19. The van der Waals surface area contributed by atoms with Crippen LogP contribution in [0.5, 0.6) is 0 Å². The largest absolute Gasteiger partial charge is 0.379 e. The van der Waals surface area contributed by atoms with Crippen LogP contribution < -0.4 is 0 Å². The van der Waals surface area contributed by atoms with E-state index in [0.29, 0.717) is 6.10 Å². The molecule has 0 aromatic heterocycles. The average molecular weight is 142 g/mol. The highest BCUT2D eigenvalue weighted by atomic mass is 16.5. The van der Waals surface area contributed by atoms with Crippen molar-refractivity contribution in [2.45, 2.75) is 25.4 Å². The highest BCUT2D eigenvalue weighted by Gasteiger charge is 2.32. The fourth-order valence-corrected chi connectivity index (χ4v) is 1.38. The van der Waals surface area contributed by atoms with Crippen molar-refractivity contribution >= 4 is 0 Å². The molecule has 0 radical (unpaired) electrons. The smallest absolute Gasteiger partial charge is 0.0836 e. The molecule has 0 aromatic rings. The van der Waals surface area contributed by atoms with Crippen LogP contribution >= 0.6 is 0 Å². The minimum absolute atomic E-state index is 0.433. The second-order valence-corrected chi connectivity index (χ2v) is 3.18. The van der Waals surface area contributed by atoms with Gasteiger partial charge in [0, 0.05) is 13.2 Å². The molecular formula is C8H14O2. The van der Waals surface area contributed by atoms with Crippen LogP contribution in [0.2, 0.25) is 0 Å². The van der Waals surface area contributed by atoms with Gasteiger partial charge in [0.1, 0.15) is 0 Å². The van der Waals surface area contributed by atoms with E-state index in [9.17, 15) is 0 Å².